The number of carbonyl (C=O) groups is 1. The third-order valence-corrected chi connectivity index (χ3v) is 3.46. The molecule has 0 aliphatic carbocycles. The largest absolute Gasteiger partial charge is 0.333 e. The molecule has 0 aliphatic rings. The van der Waals surface area contributed by atoms with Gasteiger partial charge in [-0.3, -0.25) is 4.79 Å². The molecule has 1 aromatic rings. The van der Waals surface area contributed by atoms with Gasteiger partial charge in [-0.05, 0) is 51.0 Å². The van der Waals surface area contributed by atoms with Crippen LogP contribution in [0.4, 0.5) is 4.39 Å². The zero-order chi connectivity index (χ0) is 13.7. The molecule has 0 radical (unpaired) electrons. The van der Waals surface area contributed by atoms with Gasteiger partial charge in [-0.1, -0.05) is 13.8 Å². The minimum absolute atomic E-state index is 0.0151. The fourth-order valence-electron chi connectivity index (χ4n) is 1.97. The van der Waals surface area contributed by atoms with Crippen molar-refractivity contribution in [3.8, 4) is 0 Å². The molecule has 0 saturated carbocycles. The summed E-state index contributed by atoms with van der Waals surface area (Å²) < 4.78 is 12.9. The SMILES string of the molecule is CC[C@@H](C)N(C(=O)c1ccc(F)cc1)[C@@H](C)CC. The summed E-state index contributed by atoms with van der Waals surface area (Å²) in [5, 5.41) is 0. The van der Waals surface area contributed by atoms with Gasteiger partial charge >= 0.3 is 0 Å². The smallest absolute Gasteiger partial charge is 0.254 e. The molecule has 1 rings (SSSR count). The molecule has 2 atom stereocenters. The molecular formula is C15H22FNO. The molecular weight excluding hydrogens is 229 g/mol. The predicted octanol–water partition coefficient (Wildman–Crippen LogP) is 3.86. The molecule has 0 saturated heterocycles. The average molecular weight is 251 g/mol. The molecule has 2 nitrogen and oxygen atoms in total. The Morgan fingerprint density at radius 3 is 1.94 bits per heavy atom. The first kappa shape index (κ1) is 14.7. The Morgan fingerprint density at radius 1 is 1.11 bits per heavy atom. The van der Waals surface area contributed by atoms with E-state index < -0.39 is 0 Å². The number of hydrogen-bond donors (Lipinski definition) is 0. The Labute approximate surface area is 109 Å². The number of rotatable bonds is 5. The van der Waals surface area contributed by atoms with E-state index in [1.165, 1.54) is 12.1 Å². The van der Waals surface area contributed by atoms with Crippen LogP contribution in [0.15, 0.2) is 24.3 Å². The summed E-state index contributed by atoms with van der Waals surface area (Å²) in [6.07, 6.45) is 1.83. The van der Waals surface area contributed by atoms with Crippen LogP contribution in [0.1, 0.15) is 50.9 Å². The fourth-order valence-corrected chi connectivity index (χ4v) is 1.97. The molecule has 0 aliphatic heterocycles. The highest BCUT2D eigenvalue weighted by atomic mass is 19.1. The van der Waals surface area contributed by atoms with E-state index in [1.54, 1.807) is 12.1 Å². The van der Waals surface area contributed by atoms with Crippen LogP contribution in [0.3, 0.4) is 0 Å². The van der Waals surface area contributed by atoms with Crippen molar-refractivity contribution in [1.29, 1.82) is 0 Å². The van der Waals surface area contributed by atoms with Crippen LogP contribution in [0.5, 0.6) is 0 Å². The number of hydrogen-bond acceptors (Lipinski definition) is 1. The first-order valence-electron chi connectivity index (χ1n) is 6.59. The lowest BCUT2D eigenvalue weighted by Crippen LogP contribution is -2.44. The van der Waals surface area contributed by atoms with Gasteiger partial charge in [0.05, 0.1) is 0 Å². The highest BCUT2D eigenvalue weighted by Gasteiger charge is 2.24. The van der Waals surface area contributed by atoms with E-state index in [1.807, 2.05) is 18.7 Å². The summed E-state index contributed by atoms with van der Waals surface area (Å²) in [6.45, 7) is 8.23. The van der Waals surface area contributed by atoms with Gasteiger partial charge in [0.15, 0.2) is 0 Å². The fraction of sp³-hybridized carbons (Fsp3) is 0.533. The highest BCUT2D eigenvalue weighted by molar-refractivity contribution is 5.94. The Kier molecular flexibility index (Phi) is 5.32. The van der Waals surface area contributed by atoms with Gasteiger partial charge in [-0.15, -0.1) is 0 Å². The Morgan fingerprint density at radius 2 is 1.56 bits per heavy atom. The van der Waals surface area contributed by atoms with Crippen LogP contribution < -0.4 is 0 Å². The molecule has 18 heavy (non-hydrogen) atoms. The van der Waals surface area contributed by atoms with Gasteiger partial charge in [0.1, 0.15) is 5.82 Å². The van der Waals surface area contributed by atoms with Crippen molar-refractivity contribution in [3.05, 3.63) is 35.6 Å². The summed E-state index contributed by atoms with van der Waals surface area (Å²) in [5.41, 5.74) is 0.553. The lowest BCUT2D eigenvalue weighted by Gasteiger charge is -2.34. The monoisotopic (exact) mass is 251 g/mol. The van der Waals surface area contributed by atoms with E-state index in [0.717, 1.165) is 12.8 Å². The van der Waals surface area contributed by atoms with Gasteiger partial charge in [0.2, 0.25) is 0 Å². The Balaban J connectivity index is 2.98. The second-order valence-corrected chi connectivity index (χ2v) is 4.73. The van der Waals surface area contributed by atoms with Gasteiger partial charge in [-0.25, -0.2) is 4.39 Å². The summed E-state index contributed by atoms with van der Waals surface area (Å²) in [7, 11) is 0. The molecule has 0 heterocycles. The maximum Gasteiger partial charge on any atom is 0.254 e. The van der Waals surface area contributed by atoms with Gasteiger partial charge in [0, 0.05) is 17.6 Å². The van der Waals surface area contributed by atoms with Crippen LogP contribution in [-0.2, 0) is 0 Å². The first-order valence-corrected chi connectivity index (χ1v) is 6.59. The minimum Gasteiger partial charge on any atom is -0.333 e. The van der Waals surface area contributed by atoms with Crippen molar-refractivity contribution in [1.82, 2.24) is 4.90 Å². The molecule has 0 bridgehead atoms. The second-order valence-electron chi connectivity index (χ2n) is 4.73. The van der Waals surface area contributed by atoms with Crippen molar-refractivity contribution in [3.63, 3.8) is 0 Å². The molecule has 0 N–H and O–H groups in total. The quantitative estimate of drug-likeness (QED) is 0.778. The number of halogens is 1. The van der Waals surface area contributed by atoms with E-state index >= 15 is 0 Å². The van der Waals surface area contributed by atoms with Crippen LogP contribution in [0.2, 0.25) is 0 Å². The van der Waals surface area contributed by atoms with E-state index in [9.17, 15) is 9.18 Å². The van der Waals surface area contributed by atoms with Gasteiger partial charge < -0.3 is 4.90 Å². The molecule has 0 aromatic heterocycles. The predicted molar refractivity (Wildman–Crippen MR) is 72.1 cm³/mol. The van der Waals surface area contributed by atoms with Crippen LogP contribution in [0.25, 0.3) is 0 Å². The lowest BCUT2D eigenvalue weighted by atomic mass is 10.1. The number of amides is 1. The summed E-state index contributed by atoms with van der Waals surface area (Å²) in [5.74, 6) is -0.330. The molecule has 0 fully saturated rings. The first-order chi connectivity index (χ1) is 8.51. The molecule has 0 spiro atoms. The lowest BCUT2D eigenvalue weighted by molar-refractivity contribution is 0.0598. The van der Waals surface area contributed by atoms with E-state index in [4.69, 9.17) is 0 Å². The summed E-state index contributed by atoms with van der Waals surface area (Å²) in [6, 6.07) is 6.15. The van der Waals surface area contributed by atoms with Crippen molar-refractivity contribution in [2.75, 3.05) is 0 Å². The molecule has 1 aromatic carbocycles. The summed E-state index contributed by atoms with van der Waals surface area (Å²) >= 11 is 0. The minimum atomic E-state index is -0.315. The van der Waals surface area contributed by atoms with E-state index in [2.05, 4.69) is 13.8 Å². The van der Waals surface area contributed by atoms with Crippen molar-refractivity contribution in [2.24, 2.45) is 0 Å². The standard InChI is InChI=1S/C15H22FNO/c1-5-11(3)17(12(4)6-2)15(18)13-7-9-14(16)10-8-13/h7-12H,5-6H2,1-4H3/t11-,12+. The average Bonchev–Trinajstić information content (AvgIpc) is 2.39. The molecule has 0 unspecified atom stereocenters. The van der Waals surface area contributed by atoms with Crippen LogP contribution in [-0.4, -0.2) is 22.9 Å². The van der Waals surface area contributed by atoms with Crippen molar-refractivity contribution in [2.45, 2.75) is 52.6 Å². The van der Waals surface area contributed by atoms with Gasteiger partial charge in [-0.2, -0.15) is 0 Å². The third kappa shape index (κ3) is 3.31. The van der Waals surface area contributed by atoms with Crippen LogP contribution >= 0.6 is 0 Å². The zero-order valence-electron chi connectivity index (χ0n) is 11.6. The van der Waals surface area contributed by atoms with E-state index in [-0.39, 0.29) is 23.8 Å². The van der Waals surface area contributed by atoms with Gasteiger partial charge in [0.25, 0.3) is 5.91 Å². The maximum atomic E-state index is 12.9. The molecule has 100 valence electrons. The summed E-state index contributed by atoms with van der Waals surface area (Å²) in [4.78, 5) is 14.4. The topological polar surface area (TPSA) is 20.3 Å². The number of carbonyl (C=O) groups excluding carboxylic acids is 1. The van der Waals surface area contributed by atoms with E-state index in [0.29, 0.717) is 5.56 Å². The second kappa shape index (κ2) is 6.53. The third-order valence-electron chi connectivity index (χ3n) is 3.46. The van der Waals surface area contributed by atoms with Crippen molar-refractivity contribution >= 4 is 5.91 Å². The zero-order valence-corrected chi connectivity index (χ0v) is 11.6. The Hall–Kier alpha value is -1.38. The number of nitrogens with zero attached hydrogens (tertiary/aromatic N) is 1. The highest BCUT2D eigenvalue weighted by Crippen LogP contribution is 2.16. The maximum absolute atomic E-state index is 12.9. The molecule has 3 heteroatoms. The normalized spacial score (nSPS) is 14.1. The van der Waals surface area contributed by atoms with Crippen LogP contribution in [0, 0.1) is 5.82 Å². The molecule has 1 amide bonds. The Bertz CT molecular complexity index is 378. The number of benzene rings is 1. The van der Waals surface area contributed by atoms with Crippen molar-refractivity contribution < 1.29 is 9.18 Å².